The summed E-state index contributed by atoms with van der Waals surface area (Å²) in [4.78, 5) is 12.6. The molecular weight excluding hydrogens is 259 g/mol. The highest BCUT2D eigenvalue weighted by Crippen LogP contribution is 2.28. The van der Waals surface area contributed by atoms with Crippen LogP contribution in [0.15, 0.2) is 6.20 Å². The fourth-order valence-electron chi connectivity index (χ4n) is 3.28. The largest absolute Gasteiger partial charge is 0.348 e. The molecule has 2 aliphatic rings. The molecule has 3 N–H and O–H groups in total. The summed E-state index contributed by atoms with van der Waals surface area (Å²) in [5, 5.41) is 0. The molecule has 0 saturated carbocycles. The van der Waals surface area contributed by atoms with Crippen molar-refractivity contribution in [1.29, 1.82) is 0 Å². The van der Waals surface area contributed by atoms with Gasteiger partial charge in [-0.1, -0.05) is 6.42 Å². The first-order valence-electron chi connectivity index (χ1n) is 7.19. The van der Waals surface area contributed by atoms with Crippen LogP contribution in [0.3, 0.4) is 0 Å². The molecule has 2 unspecified atom stereocenters. The number of rotatable bonds is 2. The number of nitrogens with zero attached hydrogens (tertiary/aromatic N) is 4. The van der Waals surface area contributed by atoms with Gasteiger partial charge in [0.15, 0.2) is 11.6 Å². The van der Waals surface area contributed by atoms with Gasteiger partial charge in [0, 0.05) is 25.2 Å². The summed E-state index contributed by atoms with van der Waals surface area (Å²) in [5.74, 6) is 5.53. The lowest BCUT2D eigenvalue weighted by Crippen LogP contribution is -2.59. The molecule has 0 aliphatic carbocycles. The van der Waals surface area contributed by atoms with E-state index in [0.29, 0.717) is 11.9 Å². The predicted octanol–water partition coefficient (Wildman–Crippen LogP) is 0.964. The summed E-state index contributed by atoms with van der Waals surface area (Å²) in [5.41, 5.74) is 2.38. The standard InChI is InChI=1S/C13H21FN6/c1-9-7-19-5-3-2-4-10(19)8-20(9)12-11(14)6-16-13(17-12)18-15/h6,9-10H,2-5,7-8,15H2,1H3,(H,16,17,18). The summed E-state index contributed by atoms with van der Waals surface area (Å²) in [6.45, 7) is 5.05. The summed E-state index contributed by atoms with van der Waals surface area (Å²) in [7, 11) is 0. The van der Waals surface area contributed by atoms with E-state index in [9.17, 15) is 4.39 Å². The van der Waals surface area contributed by atoms with Crippen molar-refractivity contribution in [2.75, 3.05) is 30.0 Å². The van der Waals surface area contributed by atoms with Crippen molar-refractivity contribution in [2.45, 2.75) is 38.3 Å². The number of hydrazine groups is 1. The minimum atomic E-state index is -0.389. The Labute approximate surface area is 118 Å². The van der Waals surface area contributed by atoms with E-state index in [0.717, 1.165) is 19.6 Å². The molecule has 0 aromatic carbocycles. The molecule has 3 heterocycles. The maximum Gasteiger partial charge on any atom is 0.239 e. The van der Waals surface area contributed by atoms with Crippen molar-refractivity contribution in [3.05, 3.63) is 12.0 Å². The Hall–Kier alpha value is -1.47. The van der Waals surface area contributed by atoms with E-state index in [2.05, 4.69) is 27.2 Å². The van der Waals surface area contributed by atoms with Gasteiger partial charge in [0.05, 0.1) is 6.20 Å². The zero-order valence-electron chi connectivity index (χ0n) is 11.7. The highest BCUT2D eigenvalue weighted by atomic mass is 19.1. The molecule has 6 nitrogen and oxygen atoms in total. The van der Waals surface area contributed by atoms with Crippen LogP contribution in [0.5, 0.6) is 0 Å². The third-order valence-electron chi connectivity index (χ3n) is 4.31. The first-order valence-corrected chi connectivity index (χ1v) is 7.19. The smallest absolute Gasteiger partial charge is 0.239 e. The summed E-state index contributed by atoms with van der Waals surface area (Å²) < 4.78 is 14.0. The minimum absolute atomic E-state index is 0.236. The quantitative estimate of drug-likeness (QED) is 0.621. The van der Waals surface area contributed by atoms with Gasteiger partial charge < -0.3 is 4.90 Å². The number of fused-ring (bicyclic) bond motifs is 1. The fraction of sp³-hybridized carbons (Fsp3) is 0.692. The van der Waals surface area contributed by atoms with Crippen molar-refractivity contribution < 1.29 is 4.39 Å². The first-order chi connectivity index (χ1) is 9.69. The molecule has 0 radical (unpaired) electrons. The SMILES string of the molecule is CC1CN2CCCCC2CN1c1nc(NN)ncc1F. The first kappa shape index (κ1) is 13.5. The summed E-state index contributed by atoms with van der Waals surface area (Å²) in [6.07, 6.45) is 4.88. The Bertz CT molecular complexity index is 482. The van der Waals surface area contributed by atoms with Gasteiger partial charge >= 0.3 is 0 Å². The van der Waals surface area contributed by atoms with E-state index in [1.807, 2.05) is 4.90 Å². The number of halogens is 1. The second kappa shape index (κ2) is 5.49. The molecule has 20 heavy (non-hydrogen) atoms. The van der Waals surface area contributed by atoms with E-state index in [-0.39, 0.29) is 17.8 Å². The van der Waals surface area contributed by atoms with Crippen LogP contribution in [0.2, 0.25) is 0 Å². The maximum absolute atomic E-state index is 14.0. The topological polar surface area (TPSA) is 70.3 Å². The van der Waals surface area contributed by atoms with Crippen molar-refractivity contribution in [1.82, 2.24) is 14.9 Å². The Morgan fingerprint density at radius 3 is 3.05 bits per heavy atom. The van der Waals surface area contributed by atoms with Gasteiger partial charge in [-0.15, -0.1) is 0 Å². The third-order valence-corrected chi connectivity index (χ3v) is 4.31. The van der Waals surface area contributed by atoms with Gasteiger partial charge in [0.2, 0.25) is 5.95 Å². The molecule has 2 saturated heterocycles. The fourth-order valence-corrected chi connectivity index (χ4v) is 3.28. The lowest BCUT2D eigenvalue weighted by Gasteiger charge is -2.47. The van der Waals surface area contributed by atoms with Crippen LogP contribution in [0.4, 0.5) is 16.2 Å². The van der Waals surface area contributed by atoms with Gasteiger partial charge in [-0.3, -0.25) is 10.3 Å². The van der Waals surface area contributed by atoms with Crippen LogP contribution in [-0.2, 0) is 0 Å². The average Bonchev–Trinajstić information content (AvgIpc) is 2.47. The Morgan fingerprint density at radius 2 is 2.25 bits per heavy atom. The van der Waals surface area contributed by atoms with Crippen LogP contribution in [-0.4, -0.2) is 46.6 Å². The molecule has 0 spiro atoms. The highest BCUT2D eigenvalue weighted by Gasteiger charge is 2.34. The number of hydrogen-bond acceptors (Lipinski definition) is 6. The Morgan fingerprint density at radius 1 is 1.40 bits per heavy atom. The van der Waals surface area contributed by atoms with Gasteiger partial charge in [-0.2, -0.15) is 4.98 Å². The zero-order valence-corrected chi connectivity index (χ0v) is 11.7. The van der Waals surface area contributed by atoms with E-state index in [1.54, 1.807) is 0 Å². The van der Waals surface area contributed by atoms with Gasteiger partial charge in [0.1, 0.15) is 0 Å². The van der Waals surface area contributed by atoms with Crippen molar-refractivity contribution >= 4 is 11.8 Å². The number of nitrogens with one attached hydrogen (secondary N) is 1. The molecule has 7 heteroatoms. The van der Waals surface area contributed by atoms with E-state index in [4.69, 9.17) is 5.84 Å². The second-order valence-corrected chi connectivity index (χ2v) is 5.66. The molecule has 2 fully saturated rings. The van der Waals surface area contributed by atoms with Crippen LogP contribution < -0.4 is 16.2 Å². The number of hydrogen-bond donors (Lipinski definition) is 2. The van der Waals surface area contributed by atoms with Crippen molar-refractivity contribution in [3.8, 4) is 0 Å². The van der Waals surface area contributed by atoms with E-state index >= 15 is 0 Å². The van der Waals surface area contributed by atoms with Gasteiger partial charge in [-0.05, 0) is 26.3 Å². The number of nitrogens with two attached hydrogens (primary N) is 1. The molecule has 2 atom stereocenters. The maximum atomic E-state index is 14.0. The molecule has 1 aromatic rings. The number of piperazine rings is 1. The Balaban J connectivity index is 1.85. The number of aromatic nitrogens is 2. The summed E-state index contributed by atoms with van der Waals surface area (Å²) in [6, 6.07) is 0.739. The van der Waals surface area contributed by atoms with Crippen molar-refractivity contribution in [2.24, 2.45) is 5.84 Å². The molecular formula is C13H21FN6. The number of piperidine rings is 1. The van der Waals surface area contributed by atoms with Gasteiger partial charge in [-0.25, -0.2) is 15.2 Å². The molecule has 1 aromatic heterocycles. The Kier molecular flexibility index (Phi) is 3.71. The second-order valence-electron chi connectivity index (χ2n) is 5.66. The van der Waals surface area contributed by atoms with E-state index < -0.39 is 0 Å². The number of nitrogen functional groups attached to an aromatic ring is 1. The van der Waals surface area contributed by atoms with Crippen molar-refractivity contribution in [3.63, 3.8) is 0 Å². The molecule has 0 amide bonds. The zero-order chi connectivity index (χ0) is 14.1. The average molecular weight is 280 g/mol. The van der Waals surface area contributed by atoms with E-state index in [1.165, 1.54) is 25.5 Å². The molecule has 3 rings (SSSR count). The lowest BCUT2D eigenvalue weighted by molar-refractivity contribution is 0.115. The molecule has 110 valence electrons. The minimum Gasteiger partial charge on any atom is -0.348 e. The molecule has 2 aliphatic heterocycles. The van der Waals surface area contributed by atoms with Gasteiger partial charge in [0.25, 0.3) is 0 Å². The van der Waals surface area contributed by atoms with Crippen LogP contribution >= 0.6 is 0 Å². The monoisotopic (exact) mass is 280 g/mol. The predicted molar refractivity (Wildman–Crippen MR) is 75.8 cm³/mol. The normalized spacial score (nSPS) is 27.2. The van der Waals surface area contributed by atoms with Crippen LogP contribution in [0.1, 0.15) is 26.2 Å². The number of anilines is 2. The third kappa shape index (κ3) is 2.43. The summed E-state index contributed by atoms with van der Waals surface area (Å²) >= 11 is 0. The van der Waals surface area contributed by atoms with Crippen LogP contribution in [0.25, 0.3) is 0 Å². The van der Waals surface area contributed by atoms with Crippen LogP contribution in [0, 0.1) is 5.82 Å². The highest BCUT2D eigenvalue weighted by molar-refractivity contribution is 5.45. The lowest BCUT2D eigenvalue weighted by atomic mass is 9.97. The molecule has 0 bridgehead atoms.